The van der Waals surface area contributed by atoms with Crippen LogP contribution < -0.4 is 10.1 Å². The maximum atomic E-state index is 11.7. The van der Waals surface area contributed by atoms with Crippen LogP contribution in [0.15, 0.2) is 42.7 Å². The number of hydrogen-bond donors (Lipinski definition) is 1. The Kier molecular flexibility index (Phi) is 4.71. The number of rotatable bonds is 5. The van der Waals surface area contributed by atoms with Gasteiger partial charge in [0.15, 0.2) is 0 Å². The van der Waals surface area contributed by atoms with E-state index in [4.69, 9.17) is 4.74 Å². The fourth-order valence-electron chi connectivity index (χ4n) is 1.78. The molecule has 0 saturated heterocycles. The minimum Gasteiger partial charge on any atom is -0.493 e. The Balaban J connectivity index is 1.81. The number of aromatic nitrogens is 1. The molecule has 1 heterocycles. The topological polar surface area (TPSA) is 51.2 Å². The number of carbonyl (C=O) groups excluding carboxylic acids is 1. The first kappa shape index (κ1) is 14.1. The van der Waals surface area contributed by atoms with E-state index >= 15 is 0 Å². The zero-order chi connectivity index (χ0) is 14.4. The molecule has 4 heteroatoms. The zero-order valence-corrected chi connectivity index (χ0v) is 11.7. The first-order chi connectivity index (χ1) is 9.65. The van der Waals surface area contributed by atoms with Crippen LogP contribution in [0.1, 0.15) is 17.5 Å². The van der Waals surface area contributed by atoms with Crippen LogP contribution in [-0.4, -0.2) is 17.5 Å². The summed E-state index contributed by atoms with van der Waals surface area (Å²) in [6.45, 7) is 4.37. The first-order valence-corrected chi connectivity index (χ1v) is 6.55. The molecule has 2 rings (SSSR count). The van der Waals surface area contributed by atoms with Crippen molar-refractivity contribution in [3.05, 3.63) is 53.9 Å². The minimum atomic E-state index is -0.0680. The third-order valence-electron chi connectivity index (χ3n) is 2.89. The van der Waals surface area contributed by atoms with E-state index in [0.29, 0.717) is 13.0 Å². The fourth-order valence-corrected chi connectivity index (χ4v) is 1.78. The van der Waals surface area contributed by atoms with E-state index in [0.717, 1.165) is 22.6 Å². The van der Waals surface area contributed by atoms with E-state index in [9.17, 15) is 4.79 Å². The summed E-state index contributed by atoms with van der Waals surface area (Å²) in [5.41, 5.74) is 2.97. The van der Waals surface area contributed by atoms with Crippen LogP contribution in [0.2, 0.25) is 0 Å². The molecule has 0 atom stereocenters. The number of amides is 1. The maximum Gasteiger partial charge on any atom is 0.227 e. The van der Waals surface area contributed by atoms with Crippen LogP contribution >= 0.6 is 0 Å². The lowest BCUT2D eigenvalue weighted by atomic mass is 10.1. The number of nitrogens with one attached hydrogen (secondary N) is 1. The molecule has 0 spiro atoms. The molecule has 0 saturated carbocycles. The van der Waals surface area contributed by atoms with Gasteiger partial charge in [0, 0.05) is 18.1 Å². The highest BCUT2D eigenvalue weighted by molar-refractivity contribution is 5.90. The maximum absolute atomic E-state index is 11.7. The number of ether oxygens (including phenoxy) is 1. The van der Waals surface area contributed by atoms with E-state index in [1.807, 2.05) is 32.0 Å². The van der Waals surface area contributed by atoms with Gasteiger partial charge in [0.05, 0.1) is 13.0 Å². The van der Waals surface area contributed by atoms with Crippen molar-refractivity contribution in [2.24, 2.45) is 0 Å². The highest BCUT2D eigenvalue weighted by Gasteiger charge is 2.04. The first-order valence-electron chi connectivity index (χ1n) is 6.55. The summed E-state index contributed by atoms with van der Waals surface area (Å²) in [5, 5.41) is 2.80. The van der Waals surface area contributed by atoms with Crippen molar-refractivity contribution in [2.75, 3.05) is 11.9 Å². The molecule has 0 aliphatic heterocycles. The highest BCUT2D eigenvalue weighted by atomic mass is 16.5. The zero-order valence-electron chi connectivity index (χ0n) is 11.7. The van der Waals surface area contributed by atoms with Crippen LogP contribution in [0.3, 0.4) is 0 Å². The predicted molar refractivity (Wildman–Crippen MR) is 78.9 cm³/mol. The molecule has 0 radical (unpaired) electrons. The van der Waals surface area contributed by atoms with E-state index in [1.54, 1.807) is 24.5 Å². The largest absolute Gasteiger partial charge is 0.493 e. The number of carbonyl (C=O) groups is 1. The second kappa shape index (κ2) is 6.70. The van der Waals surface area contributed by atoms with Gasteiger partial charge in [-0.25, -0.2) is 0 Å². The molecule has 1 aromatic carbocycles. The van der Waals surface area contributed by atoms with Gasteiger partial charge in [-0.05, 0) is 43.2 Å². The van der Waals surface area contributed by atoms with Gasteiger partial charge >= 0.3 is 0 Å². The molecular formula is C16H18N2O2. The van der Waals surface area contributed by atoms with Gasteiger partial charge in [0.2, 0.25) is 5.91 Å². The molecule has 0 aliphatic carbocycles. The number of anilines is 1. The van der Waals surface area contributed by atoms with Crippen LogP contribution in [0, 0.1) is 13.8 Å². The van der Waals surface area contributed by atoms with Gasteiger partial charge in [-0.1, -0.05) is 12.1 Å². The van der Waals surface area contributed by atoms with Gasteiger partial charge in [-0.2, -0.15) is 0 Å². The molecule has 2 aromatic rings. The molecular weight excluding hydrogens is 252 g/mol. The molecule has 1 amide bonds. The van der Waals surface area contributed by atoms with Crippen LogP contribution in [0.4, 0.5) is 5.69 Å². The summed E-state index contributed by atoms with van der Waals surface area (Å²) in [6, 6.07) is 9.54. The summed E-state index contributed by atoms with van der Waals surface area (Å²) >= 11 is 0. The predicted octanol–water partition coefficient (Wildman–Crippen LogP) is 3.11. The Bertz CT molecular complexity index is 582. The van der Waals surface area contributed by atoms with Gasteiger partial charge < -0.3 is 10.1 Å². The number of aryl methyl sites for hydroxylation is 2. The van der Waals surface area contributed by atoms with Gasteiger partial charge in [-0.3, -0.25) is 9.78 Å². The molecule has 0 bridgehead atoms. The molecule has 1 aromatic heterocycles. The summed E-state index contributed by atoms with van der Waals surface area (Å²) in [5.74, 6) is 0.767. The van der Waals surface area contributed by atoms with E-state index in [2.05, 4.69) is 10.3 Å². The Morgan fingerprint density at radius 1 is 1.20 bits per heavy atom. The summed E-state index contributed by atoms with van der Waals surface area (Å²) < 4.78 is 5.65. The Morgan fingerprint density at radius 2 is 1.95 bits per heavy atom. The lowest BCUT2D eigenvalue weighted by molar-refractivity contribution is -0.116. The minimum absolute atomic E-state index is 0.0680. The molecule has 4 nitrogen and oxygen atoms in total. The van der Waals surface area contributed by atoms with Crippen molar-refractivity contribution in [2.45, 2.75) is 20.3 Å². The van der Waals surface area contributed by atoms with Gasteiger partial charge in [-0.15, -0.1) is 0 Å². The van der Waals surface area contributed by atoms with Crippen molar-refractivity contribution >= 4 is 11.6 Å². The number of pyridine rings is 1. The molecule has 0 aliphatic rings. The third kappa shape index (κ3) is 4.09. The lowest BCUT2D eigenvalue weighted by Gasteiger charge is -2.10. The number of benzene rings is 1. The van der Waals surface area contributed by atoms with E-state index in [1.165, 1.54) is 0 Å². The third-order valence-corrected chi connectivity index (χ3v) is 2.89. The van der Waals surface area contributed by atoms with Crippen LogP contribution in [0.25, 0.3) is 0 Å². The van der Waals surface area contributed by atoms with Gasteiger partial charge in [0.25, 0.3) is 0 Å². The lowest BCUT2D eigenvalue weighted by Crippen LogP contribution is -2.15. The monoisotopic (exact) mass is 270 g/mol. The fraction of sp³-hybridized carbons (Fsp3) is 0.250. The Hall–Kier alpha value is -2.36. The van der Waals surface area contributed by atoms with Crippen LogP contribution in [0.5, 0.6) is 5.75 Å². The van der Waals surface area contributed by atoms with Crippen molar-refractivity contribution in [3.63, 3.8) is 0 Å². The molecule has 1 N–H and O–H groups in total. The SMILES string of the molecule is Cc1ccc(C)c(OCCC(=O)Nc2ccncc2)c1. The Labute approximate surface area is 118 Å². The van der Waals surface area contributed by atoms with Crippen molar-refractivity contribution in [1.29, 1.82) is 0 Å². The second-order valence-electron chi connectivity index (χ2n) is 4.65. The summed E-state index contributed by atoms with van der Waals surface area (Å²) in [6.07, 6.45) is 3.60. The molecule has 20 heavy (non-hydrogen) atoms. The number of nitrogens with zero attached hydrogens (tertiary/aromatic N) is 1. The highest BCUT2D eigenvalue weighted by Crippen LogP contribution is 2.19. The average Bonchev–Trinajstić information content (AvgIpc) is 2.44. The standard InChI is InChI=1S/C16H18N2O2/c1-12-3-4-13(2)15(11-12)20-10-7-16(19)18-14-5-8-17-9-6-14/h3-6,8-9,11H,7,10H2,1-2H3,(H,17,18,19). The van der Waals surface area contributed by atoms with Crippen molar-refractivity contribution in [3.8, 4) is 5.75 Å². The van der Waals surface area contributed by atoms with E-state index < -0.39 is 0 Å². The second-order valence-corrected chi connectivity index (χ2v) is 4.65. The van der Waals surface area contributed by atoms with Crippen molar-refractivity contribution in [1.82, 2.24) is 4.98 Å². The summed E-state index contributed by atoms with van der Waals surface area (Å²) in [7, 11) is 0. The molecule has 0 unspecified atom stereocenters. The normalized spacial score (nSPS) is 10.1. The molecule has 104 valence electrons. The van der Waals surface area contributed by atoms with E-state index in [-0.39, 0.29) is 5.91 Å². The van der Waals surface area contributed by atoms with Crippen LogP contribution in [-0.2, 0) is 4.79 Å². The Morgan fingerprint density at radius 3 is 2.70 bits per heavy atom. The van der Waals surface area contributed by atoms with Gasteiger partial charge in [0.1, 0.15) is 5.75 Å². The van der Waals surface area contributed by atoms with Crippen molar-refractivity contribution < 1.29 is 9.53 Å². The molecule has 0 fully saturated rings. The number of hydrogen-bond acceptors (Lipinski definition) is 3. The quantitative estimate of drug-likeness (QED) is 0.908. The smallest absolute Gasteiger partial charge is 0.227 e. The average molecular weight is 270 g/mol. The summed E-state index contributed by atoms with van der Waals surface area (Å²) in [4.78, 5) is 15.6.